The molecule has 1 atom stereocenters. The number of carbonyl (C=O) groups excluding carboxylic acids is 1. The molecule has 0 spiro atoms. The van der Waals surface area contributed by atoms with Gasteiger partial charge in [0.1, 0.15) is 23.4 Å². The highest BCUT2D eigenvalue weighted by atomic mass is 35.5. The number of carboxylic acids is 1. The molecule has 2 heterocycles. The molecule has 0 saturated heterocycles. The highest BCUT2D eigenvalue weighted by molar-refractivity contribution is 6.33. The van der Waals surface area contributed by atoms with Gasteiger partial charge in [-0.2, -0.15) is 0 Å². The van der Waals surface area contributed by atoms with E-state index in [0.717, 1.165) is 43.0 Å². The van der Waals surface area contributed by atoms with Gasteiger partial charge in [-0.05, 0) is 60.4 Å². The Morgan fingerprint density at radius 1 is 1.17 bits per heavy atom. The number of anilines is 1. The lowest BCUT2D eigenvalue weighted by molar-refractivity contribution is -0.139. The second-order valence-corrected chi connectivity index (χ2v) is 8.68. The minimum absolute atomic E-state index is 0.00672. The zero-order valence-electron chi connectivity index (χ0n) is 18.9. The van der Waals surface area contributed by atoms with Crippen molar-refractivity contribution in [3.63, 3.8) is 0 Å². The average molecular weight is 498 g/mol. The minimum atomic E-state index is -1.19. The summed E-state index contributed by atoms with van der Waals surface area (Å²) in [6, 6.07) is 13.3. The summed E-state index contributed by atoms with van der Waals surface area (Å²) in [5.41, 5.74) is 2.91. The zero-order chi connectivity index (χ0) is 24.8. The molecule has 1 unspecified atom stereocenters. The summed E-state index contributed by atoms with van der Waals surface area (Å²) in [6.07, 6.45) is 2.89. The lowest BCUT2D eigenvalue weighted by Crippen LogP contribution is -2.42. The first-order valence-electron chi connectivity index (χ1n) is 11.3. The SMILES string of the molecule is O=C(NC(Cc1ccc(OCCc2ccc3c(n2)NCCC3)cc1)C(=O)O)c1ccc(F)cc1Cl. The number of carbonyl (C=O) groups is 2. The molecule has 3 aromatic rings. The van der Waals surface area contributed by atoms with E-state index in [-0.39, 0.29) is 17.0 Å². The molecule has 1 amide bonds. The Hall–Kier alpha value is -3.65. The van der Waals surface area contributed by atoms with Crippen molar-refractivity contribution in [3.8, 4) is 5.75 Å². The third kappa shape index (κ3) is 6.48. The predicted octanol–water partition coefficient (Wildman–Crippen LogP) is 4.28. The van der Waals surface area contributed by atoms with E-state index in [0.29, 0.717) is 24.3 Å². The van der Waals surface area contributed by atoms with E-state index in [4.69, 9.17) is 16.3 Å². The minimum Gasteiger partial charge on any atom is -0.493 e. The van der Waals surface area contributed by atoms with Crippen LogP contribution in [0.5, 0.6) is 5.75 Å². The molecule has 1 aliphatic heterocycles. The summed E-state index contributed by atoms with van der Waals surface area (Å²) in [5, 5.41) is 15.2. The van der Waals surface area contributed by atoms with Gasteiger partial charge in [0.15, 0.2) is 0 Å². The molecule has 0 bridgehead atoms. The van der Waals surface area contributed by atoms with Crippen molar-refractivity contribution in [1.29, 1.82) is 0 Å². The van der Waals surface area contributed by atoms with Gasteiger partial charge in [-0.25, -0.2) is 14.2 Å². The molecular weight excluding hydrogens is 473 g/mol. The summed E-state index contributed by atoms with van der Waals surface area (Å²) in [4.78, 5) is 28.8. The van der Waals surface area contributed by atoms with Gasteiger partial charge in [-0.15, -0.1) is 0 Å². The highest BCUT2D eigenvalue weighted by Gasteiger charge is 2.22. The summed E-state index contributed by atoms with van der Waals surface area (Å²) >= 11 is 5.91. The van der Waals surface area contributed by atoms with Crippen LogP contribution in [-0.2, 0) is 24.1 Å². The summed E-state index contributed by atoms with van der Waals surface area (Å²) in [5.74, 6) is -0.851. The summed E-state index contributed by atoms with van der Waals surface area (Å²) in [7, 11) is 0. The van der Waals surface area contributed by atoms with Crippen LogP contribution in [0.4, 0.5) is 10.2 Å². The molecule has 35 heavy (non-hydrogen) atoms. The quantitative estimate of drug-likeness (QED) is 0.408. The molecule has 9 heteroatoms. The number of rotatable bonds is 9. The Labute approximate surface area is 207 Å². The lowest BCUT2D eigenvalue weighted by atomic mass is 10.1. The first-order valence-corrected chi connectivity index (χ1v) is 11.7. The van der Waals surface area contributed by atoms with Crippen LogP contribution in [0.1, 0.15) is 33.6 Å². The van der Waals surface area contributed by atoms with Crippen LogP contribution < -0.4 is 15.4 Å². The number of halogens is 2. The number of amides is 1. The first-order chi connectivity index (χ1) is 16.9. The number of hydrogen-bond acceptors (Lipinski definition) is 5. The number of aryl methyl sites for hydroxylation is 1. The highest BCUT2D eigenvalue weighted by Crippen LogP contribution is 2.21. The van der Waals surface area contributed by atoms with Gasteiger partial charge in [0.25, 0.3) is 5.91 Å². The van der Waals surface area contributed by atoms with E-state index in [1.807, 2.05) is 6.07 Å². The maximum absolute atomic E-state index is 13.2. The van der Waals surface area contributed by atoms with Crippen molar-refractivity contribution in [2.24, 2.45) is 0 Å². The Morgan fingerprint density at radius 3 is 2.71 bits per heavy atom. The molecule has 2 aromatic carbocycles. The van der Waals surface area contributed by atoms with Crippen LogP contribution in [-0.4, -0.2) is 41.2 Å². The number of benzene rings is 2. The second-order valence-electron chi connectivity index (χ2n) is 8.28. The Bertz CT molecular complexity index is 1220. The standard InChI is InChI=1S/C26H25ClFN3O4/c27-22-15-18(28)6-10-21(22)25(32)31-23(26(33)34)14-16-3-8-20(9-4-16)35-13-11-19-7-5-17-2-1-12-29-24(17)30-19/h3-10,15,23H,1-2,11-14H2,(H,29,30)(H,31,32)(H,33,34). The number of nitrogens with zero attached hydrogens (tertiary/aromatic N) is 1. The first kappa shape index (κ1) is 24.5. The topological polar surface area (TPSA) is 101 Å². The van der Waals surface area contributed by atoms with Gasteiger partial charge in [0.05, 0.1) is 17.2 Å². The Morgan fingerprint density at radius 2 is 1.97 bits per heavy atom. The monoisotopic (exact) mass is 497 g/mol. The fourth-order valence-electron chi connectivity index (χ4n) is 3.85. The van der Waals surface area contributed by atoms with E-state index in [1.165, 1.54) is 11.6 Å². The van der Waals surface area contributed by atoms with Crippen LogP contribution in [0, 0.1) is 5.82 Å². The van der Waals surface area contributed by atoms with Crippen molar-refractivity contribution in [2.45, 2.75) is 31.7 Å². The van der Waals surface area contributed by atoms with E-state index in [9.17, 15) is 19.1 Å². The molecule has 0 saturated carbocycles. The lowest BCUT2D eigenvalue weighted by Gasteiger charge is -2.17. The fraction of sp³-hybridized carbons (Fsp3) is 0.269. The number of aromatic nitrogens is 1. The molecule has 4 rings (SSSR count). The van der Waals surface area contributed by atoms with Crippen molar-refractivity contribution in [2.75, 3.05) is 18.5 Å². The number of fused-ring (bicyclic) bond motifs is 1. The van der Waals surface area contributed by atoms with Crippen LogP contribution in [0.2, 0.25) is 5.02 Å². The summed E-state index contributed by atoms with van der Waals surface area (Å²) < 4.78 is 19.0. The van der Waals surface area contributed by atoms with Gasteiger partial charge < -0.3 is 20.5 Å². The number of nitrogens with one attached hydrogen (secondary N) is 2. The number of hydrogen-bond donors (Lipinski definition) is 3. The van der Waals surface area contributed by atoms with Gasteiger partial charge in [0.2, 0.25) is 0 Å². The smallest absolute Gasteiger partial charge is 0.326 e. The molecular formula is C26H25ClFN3O4. The molecule has 7 nitrogen and oxygen atoms in total. The van der Waals surface area contributed by atoms with E-state index in [2.05, 4.69) is 21.7 Å². The number of aliphatic carboxylic acids is 1. The normalized spacial score (nSPS) is 13.3. The number of pyridine rings is 1. The molecule has 1 aromatic heterocycles. The van der Waals surface area contributed by atoms with E-state index >= 15 is 0 Å². The maximum atomic E-state index is 13.2. The van der Waals surface area contributed by atoms with Gasteiger partial charge in [-0.3, -0.25) is 4.79 Å². The summed E-state index contributed by atoms with van der Waals surface area (Å²) in [6.45, 7) is 1.40. The van der Waals surface area contributed by atoms with Crippen molar-refractivity contribution < 1.29 is 23.8 Å². The van der Waals surface area contributed by atoms with Crippen molar-refractivity contribution in [3.05, 3.63) is 87.8 Å². The van der Waals surface area contributed by atoms with Crippen LogP contribution in [0.3, 0.4) is 0 Å². The van der Waals surface area contributed by atoms with Crippen LogP contribution in [0.25, 0.3) is 0 Å². The van der Waals surface area contributed by atoms with Gasteiger partial charge in [0, 0.05) is 25.1 Å². The average Bonchev–Trinajstić information content (AvgIpc) is 2.84. The molecule has 0 fully saturated rings. The van der Waals surface area contributed by atoms with Crippen molar-refractivity contribution >= 4 is 29.3 Å². The molecule has 0 radical (unpaired) electrons. The van der Waals surface area contributed by atoms with Crippen LogP contribution >= 0.6 is 11.6 Å². The molecule has 1 aliphatic rings. The fourth-order valence-corrected chi connectivity index (χ4v) is 4.10. The zero-order valence-corrected chi connectivity index (χ0v) is 19.6. The third-order valence-electron chi connectivity index (χ3n) is 5.72. The maximum Gasteiger partial charge on any atom is 0.326 e. The predicted molar refractivity (Wildman–Crippen MR) is 131 cm³/mol. The van der Waals surface area contributed by atoms with E-state index in [1.54, 1.807) is 24.3 Å². The second kappa shape index (κ2) is 11.2. The Balaban J connectivity index is 1.30. The molecule has 182 valence electrons. The Kier molecular flexibility index (Phi) is 7.82. The van der Waals surface area contributed by atoms with Crippen LogP contribution in [0.15, 0.2) is 54.6 Å². The van der Waals surface area contributed by atoms with E-state index < -0.39 is 23.7 Å². The van der Waals surface area contributed by atoms with Crippen molar-refractivity contribution in [1.82, 2.24) is 10.3 Å². The largest absolute Gasteiger partial charge is 0.493 e. The van der Waals surface area contributed by atoms with Gasteiger partial charge >= 0.3 is 5.97 Å². The van der Waals surface area contributed by atoms with Gasteiger partial charge in [-0.1, -0.05) is 29.8 Å². The molecule has 0 aliphatic carbocycles. The number of carboxylic acid groups (broad SMARTS) is 1. The number of ether oxygens (including phenoxy) is 1. The molecule has 3 N–H and O–H groups in total. The third-order valence-corrected chi connectivity index (χ3v) is 6.03.